The lowest BCUT2D eigenvalue weighted by Crippen LogP contribution is -2.20. The number of rotatable bonds is 4. The van der Waals surface area contributed by atoms with Crippen molar-refractivity contribution in [2.24, 2.45) is 5.73 Å². The van der Waals surface area contributed by atoms with Crippen LogP contribution < -0.4 is 10.5 Å². The lowest BCUT2D eigenvalue weighted by Gasteiger charge is -2.18. The fourth-order valence-corrected chi connectivity index (χ4v) is 3.87. The molecular formula is C17H16N2O3S. The van der Waals surface area contributed by atoms with Crippen LogP contribution in [0.2, 0.25) is 0 Å². The van der Waals surface area contributed by atoms with Crippen molar-refractivity contribution < 1.29 is 13.2 Å². The van der Waals surface area contributed by atoms with Crippen LogP contribution in [0.15, 0.2) is 53.4 Å². The first-order valence-corrected chi connectivity index (χ1v) is 8.66. The number of amides is 1. The number of nitrogens with one attached hydrogen (secondary N) is 1. The summed E-state index contributed by atoms with van der Waals surface area (Å²) in [6, 6.07) is 14.0. The van der Waals surface area contributed by atoms with E-state index >= 15 is 0 Å². The molecule has 0 aliphatic heterocycles. The minimum Gasteiger partial charge on any atom is -0.366 e. The van der Waals surface area contributed by atoms with Crippen molar-refractivity contribution in [2.75, 3.05) is 4.72 Å². The first-order chi connectivity index (χ1) is 11.0. The van der Waals surface area contributed by atoms with Gasteiger partial charge in [0.2, 0.25) is 0 Å². The molecule has 3 N–H and O–H groups in total. The van der Waals surface area contributed by atoms with Gasteiger partial charge in [-0.3, -0.25) is 9.52 Å². The van der Waals surface area contributed by atoms with Crippen LogP contribution >= 0.6 is 0 Å². The van der Waals surface area contributed by atoms with Crippen LogP contribution in [0.5, 0.6) is 0 Å². The molecule has 1 aliphatic rings. The van der Waals surface area contributed by atoms with Gasteiger partial charge in [0, 0.05) is 0 Å². The van der Waals surface area contributed by atoms with Crippen LogP contribution in [-0.4, -0.2) is 14.3 Å². The van der Waals surface area contributed by atoms with Crippen LogP contribution in [0.3, 0.4) is 0 Å². The first-order valence-electron chi connectivity index (χ1n) is 7.17. The van der Waals surface area contributed by atoms with Gasteiger partial charge in [0.05, 0.1) is 16.2 Å². The second-order valence-corrected chi connectivity index (χ2v) is 7.06. The molecule has 1 amide bonds. The SMILES string of the molecule is NC(=O)c1ccccc1NS(=O)(=O)C1=Cc2ccccc2CC1. The third kappa shape index (κ3) is 3.12. The number of primary amides is 1. The summed E-state index contributed by atoms with van der Waals surface area (Å²) in [5.41, 5.74) is 7.66. The predicted molar refractivity (Wildman–Crippen MR) is 90.2 cm³/mol. The Hall–Kier alpha value is -2.60. The third-order valence-electron chi connectivity index (χ3n) is 3.79. The van der Waals surface area contributed by atoms with Crippen molar-refractivity contribution in [3.8, 4) is 0 Å². The standard InChI is InChI=1S/C17H16N2O3S/c18-17(20)15-7-3-4-8-16(15)19-23(21,22)14-10-9-12-5-1-2-6-13(12)11-14/h1-8,11,19H,9-10H2,(H2,18,20). The van der Waals surface area contributed by atoms with E-state index in [0.717, 1.165) is 11.1 Å². The Morgan fingerprint density at radius 3 is 2.48 bits per heavy atom. The topological polar surface area (TPSA) is 89.3 Å². The fraction of sp³-hybridized carbons (Fsp3) is 0.118. The average molecular weight is 328 g/mol. The van der Waals surface area contributed by atoms with Crippen LogP contribution in [0.4, 0.5) is 5.69 Å². The highest BCUT2D eigenvalue weighted by molar-refractivity contribution is 7.96. The van der Waals surface area contributed by atoms with Crippen molar-refractivity contribution in [1.82, 2.24) is 0 Å². The maximum Gasteiger partial charge on any atom is 0.258 e. The normalized spacial score (nSPS) is 13.8. The Labute approximate surface area is 134 Å². The molecule has 5 nitrogen and oxygen atoms in total. The Morgan fingerprint density at radius 2 is 1.70 bits per heavy atom. The number of sulfonamides is 1. The van der Waals surface area contributed by atoms with Crippen LogP contribution in [-0.2, 0) is 16.4 Å². The lowest BCUT2D eigenvalue weighted by atomic mass is 9.98. The minimum absolute atomic E-state index is 0.146. The number of carbonyl (C=O) groups is 1. The number of carbonyl (C=O) groups excluding carboxylic acids is 1. The van der Waals surface area contributed by atoms with E-state index < -0.39 is 15.9 Å². The van der Waals surface area contributed by atoms with E-state index in [1.165, 1.54) is 12.1 Å². The molecule has 0 fully saturated rings. The molecule has 118 valence electrons. The Balaban J connectivity index is 1.95. The maximum absolute atomic E-state index is 12.6. The highest BCUT2D eigenvalue weighted by atomic mass is 32.2. The van der Waals surface area contributed by atoms with Crippen molar-refractivity contribution in [3.05, 3.63) is 70.1 Å². The quantitative estimate of drug-likeness (QED) is 0.903. The average Bonchev–Trinajstić information content (AvgIpc) is 2.54. The molecule has 0 heterocycles. The first kappa shape index (κ1) is 15.3. The van der Waals surface area contributed by atoms with Crippen molar-refractivity contribution in [1.29, 1.82) is 0 Å². The van der Waals surface area contributed by atoms with Gasteiger partial charge in [-0.1, -0.05) is 36.4 Å². The van der Waals surface area contributed by atoms with Gasteiger partial charge in [-0.15, -0.1) is 0 Å². The second kappa shape index (κ2) is 5.89. The number of anilines is 1. The number of para-hydroxylation sites is 1. The number of allylic oxidation sites excluding steroid dienone is 1. The van der Waals surface area contributed by atoms with Gasteiger partial charge in [0.15, 0.2) is 0 Å². The summed E-state index contributed by atoms with van der Waals surface area (Å²) in [4.78, 5) is 11.7. The molecule has 1 aliphatic carbocycles. The van der Waals surface area contributed by atoms with Gasteiger partial charge in [-0.25, -0.2) is 8.42 Å². The third-order valence-corrected chi connectivity index (χ3v) is 5.30. The number of hydrogen-bond acceptors (Lipinski definition) is 3. The van der Waals surface area contributed by atoms with E-state index in [1.807, 2.05) is 24.3 Å². The summed E-state index contributed by atoms with van der Waals surface area (Å²) in [6.45, 7) is 0. The molecule has 2 aromatic rings. The molecule has 0 spiro atoms. The summed E-state index contributed by atoms with van der Waals surface area (Å²) in [6.07, 6.45) is 2.76. The van der Waals surface area contributed by atoms with Gasteiger partial charge in [-0.2, -0.15) is 0 Å². The monoisotopic (exact) mass is 328 g/mol. The number of fused-ring (bicyclic) bond motifs is 1. The molecule has 0 bridgehead atoms. The van der Waals surface area contributed by atoms with E-state index in [9.17, 15) is 13.2 Å². The molecule has 0 aromatic heterocycles. The highest BCUT2D eigenvalue weighted by Gasteiger charge is 2.23. The van der Waals surface area contributed by atoms with E-state index in [1.54, 1.807) is 18.2 Å². The van der Waals surface area contributed by atoms with Gasteiger partial charge >= 0.3 is 0 Å². The van der Waals surface area contributed by atoms with E-state index in [-0.39, 0.29) is 11.3 Å². The molecule has 0 radical (unpaired) electrons. The zero-order chi connectivity index (χ0) is 16.4. The van der Waals surface area contributed by atoms with Crippen molar-refractivity contribution in [3.63, 3.8) is 0 Å². The molecule has 0 saturated carbocycles. The molecule has 2 aromatic carbocycles. The van der Waals surface area contributed by atoms with Crippen LogP contribution in [0.1, 0.15) is 27.9 Å². The Kier molecular flexibility index (Phi) is 3.92. The summed E-state index contributed by atoms with van der Waals surface area (Å²) in [7, 11) is -3.73. The molecule has 23 heavy (non-hydrogen) atoms. The summed E-state index contributed by atoms with van der Waals surface area (Å²) in [5, 5.41) is 0. The number of aryl methyl sites for hydroxylation is 1. The molecule has 0 atom stereocenters. The van der Waals surface area contributed by atoms with E-state index in [4.69, 9.17) is 5.73 Å². The Bertz CT molecular complexity index is 902. The predicted octanol–water partition coefficient (Wildman–Crippen LogP) is 2.51. The van der Waals surface area contributed by atoms with Gasteiger partial charge in [-0.05, 0) is 42.2 Å². The number of benzene rings is 2. The molecule has 6 heteroatoms. The van der Waals surface area contributed by atoms with Gasteiger partial charge in [0.1, 0.15) is 0 Å². The lowest BCUT2D eigenvalue weighted by molar-refractivity contribution is 0.100. The second-order valence-electron chi connectivity index (χ2n) is 5.32. The van der Waals surface area contributed by atoms with Crippen molar-refractivity contribution in [2.45, 2.75) is 12.8 Å². The molecule has 0 unspecified atom stereocenters. The zero-order valence-corrected chi connectivity index (χ0v) is 13.1. The zero-order valence-electron chi connectivity index (χ0n) is 12.3. The number of hydrogen-bond donors (Lipinski definition) is 2. The largest absolute Gasteiger partial charge is 0.366 e. The smallest absolute Gasteiger partial charge is 0.258 e. The van der Waals surface area contributed by atoms with Crippen LogP contribution in [0.25, 0.3) is 6.08 Å². The fourth-order valence-electron chi connectivity index (χ4n) is 2.62. The van der Waals surface area contributed by atoms with Gasteiger partial charge < -0.3 is 5.73 Å². The highest BCUT2D eigenvalue weighted by Crippen LogP contribution is 2.28. The van der Waals surface area contributed by atoms with E-state index in [2.05, 4.69) is 4.72 Å². The van der Waals surface area contributed by atoms with E-state index in [0.29, 0.717) is 17.7 Å². The maximum atomic E-state index is 12.6. The van der Waals surface area contributed by atoms with Crippen LogP contribution in [0, 0.1) is 0 Å². The summed E-state index contributed by atoms with van der Waals surface area (Å²) >= 11 is 0. The van der Waals surface area contributed by atoms with Gasteiger partial charge in [0.25, 0.3) is 15.9 Å². The summed E-state index contributed by atoms with van der Waals surface area (Å²) in [5.74, 6) is -0.675. The molecule has 0 saturated heterocycles. The molecule has 3 rings (SSSR count). The Morgan fingerprint density at radius 1 is 1.00 bits per heavy atom. The summed E-state index contributed by atoms with van der Waals surface area (Å²) < 4.78 is 27.7. The minimum atomic E-state index is -3.73. The molecular weight excluding hydrogens is 312 g/mol. The number of nitrogens with two attached hydrogens (primary N) is 1. The van der Waals surface area contributed by atoms with Crippen molar-refractivity contribution >= 4 is 27.7 Å².